The Labute approximate surface area is 128 Å². The van der Waals surface area contributed by atoms with E-state index in [0.717, 1.165) is 49.5 Å². The van der Waals surface area contributed by atoms with Crippen molar-refractivity contribution in [1.29, 1.82) is 0 Å². The van der Waals surface area contributed by atoms with Crippen LogP contribution in [-0.4, -0.2) is 27.7 Å². The molecule has 2 atom stereocenters. The summed E-state index contributed by atoms with van der Waals surface area (Å²) in [5.41, 5.74) is 0.662. The van der Waals surface area contributed by atoms with E-state index in [9.17, 15) is 9.90 Å². The van der Waals surface area contributed by atoms with E-state index in [4.69, 9.17) is 0 Å². The Hall–Kier alpha value is -0.810. The Bertz CT molecular complexity index is 459. The van der Waals surface area contributed by atoms with Crippen molar-refractivity contribution in [1.82, 2.24) is 9.88 Å². The maximum absolute atomic E-state index is 12.4. The normalized spacial score (nSPS) is 23.4. The average Bonchev–Trinajstić information content (AvgIpc) is 2.66. The zero-order valence-electron chi connectivity index (χ0n) is 11.9. The summed E-state index contributed by atoms with van der Waals surface area (Å²) >= 11 is 3.42. The smallest absolute Gasteiger partial charge is 0.268 e. The van der Waals surface area contributed by atoms with Crippen LogP contribution in [0, 0.1) is 0 Å². The minimum absolute atomic E-state index is 0.0879. The number of amides is 1. The molecule has 0 radical (unpaired) electrons. The zero-order chi connectivity index (χ0) is 14.5. The Morgan fingerprint density at radius 2 is 2.20 bits per heavy atom. The lowest BCUT2D eigenvalue weighted by atomic mass is 10.1. The second kappa shape index (κ2) is 7.27. The first-order valence-electron chi connectivity index (χ1n) is 7.46. The van der Waals surface area contributed by atoms with Crippen LogP contribution in [0.15, 0.2) is 16.7 Å². The molecule has 0 aliphatic heterocycles. The standard InChI is InChI=1S/C15H23BrN2O2/c1-2-8-18-10-11(16)9-13(18)15(20)17-12-6-4-3-5-7-14(12)19/h9-10,12,14,19H,2-8H2,1H3,(H,17,20). The average molecular weight is 343 g/mol. The molecule has 1 saturated carbocycles. The fourth-order valence-electron chi connectivity index (χ4n) is 2.79. The quantitative estimate of drug-likeness (QED) is 0.826. The highest BCUT2D eigenvalue weighted by atomic mass is 79.9. The first kappa shape index (κ1) is 15.6. The van der Waals surface area contributed by atoms with Crippen molar-refractivity contribution in [2.24, 2.45) is 0 Å². The molecule has 1 aliphatic carbocycles. The largest absolute Gasteiger partial charge is 0.391 e. The fraction of sp³-hybridized carbons (Fsp3) is 0.667. The molecule has 4 nitrogen and oxygen atoms in total. The molecule has 1 aliphatic rings. The van der Waals surface area contributed by atoms with Crippen LogP contribution >= 0.6 is 15.9 Å². The van der Waals surface area contributed by atoms with E-state index in [1.165, 1.54) is 0 Å². The number of rotatable bonds is 4. The molecule has 0 saturated heterocycles. The molecule has 1 heterocycles. The van der Waals surface area contributed by atoms with Crippen molar-refractivity contribution >= 4 is 21.8 Å². The first-order chi connectivity index (χ1) is 9.61. The van der Waals surface area contributed by atoms with E-state index in [0.29, 0.717) is 5.69 Å². The van der Waals surface area contributed by atoms with E-state index in [1.54, 1.807) is 0 Å². The Morgan fingerprint density at radius 1 is 1.45 bits per heavy atom. The molecule has 1 amide bonds. The van der Waals surface area contributed by atoms with Gasteiger partial charge in [0.2, 0.25) is 0 Å². The van der Waals surface area contributed by atoms with Crippen molar-refractivity contribution in [2.45, 2.75) is 64.1 Å². The lowest BCUT2D eigenvalue weighted by molar-refractivity contribution is 0.0810. The van der Waals surface area contributed by atoms with Gasteiger partial charge in [0.15, 0.2) is 0 Å². The van der Waals surface area contributed by atoms with Gasteiger partial charge in [0.05, 0.1) is 12.1 Å². The van der Waals surface area contributed by atoms with E-state index >= 15 is 0 Å². The lowest BCUT2D eigenvalue weighted by Gasteiger charge is -2.22. The second-order valence-electron chi connectivity index (χ2n) is 5.52. The van der Waals surface area contributed by atoms with Crippen molar-refractivity contribution in [2.75, 3.05) is 0 Å². The van der Waals surface area contributed by atoms with Gasteiger partial charge in [0, 0.05) is 17.2 Å². The summed E-state index contributed by atoms with van der Waals surface area (Å²) in [6.07, 6.45) is 7.40. The molecule has 112 valence electrons. The van der Waals surface area contributed by atoms with E-state index in [2.05, 4.69) is 28.2 Å². The first-order valence-corrected chi connectivity index (χ1v) is 8.25. The Morgan fingerprint density at radius 3 is 2.95 bits per heavy atom. The van der Waals surface area contributed by atoms with Gasteiger partial charge in [-0.3, -0.25) is 4.79 Å². The Kier molecular flexibility index (Phi) is 5.66. The highest BCUT2D eigenvalue weighted by molar-refractivity contribution is 9.10. The number of aryl methyl sites for hydroxylation is 1. The number of carbonyl (C=O) groups is 1. The molecule has 0 aromatic carbocycles. The zero-order valence-corrected chi connectivity index (χ0v) is 13.5. The molecule has 1 fully saturated rings. The van der Waals surface area contributed by atoms with Gasteiger partial charge < -0.3 is 15.0 Å². The third-order valence-electron chi connectivity index (χ3n) is 3.86. The van der Waals surface area contributed by atoms with E-state index in [-0.39, 0.29) is 11.9 Å². The van der Waals surface area contributed by atoms with Crippen molar-refractivity contribution in [3.05, 3.63) is 22.4 Å². The van der Waals surface area contributed by atoms with Crippen LogP contribution in [-0.2, 0) is 6.54 Å². The van der Waals surface area contributed by atoms with Gasteiger partial charge in [-0.25, -0.2) is 0 Å². The molecule has 1 aromatic rings. The van der Waals surface area contributed by atoms with Crippen LogP contribution in [0.5, 0.6) is 0 Å². The molecule has 2 rings (SSSR count). The van der Waals surface area contributed by atoms with Gasteiger partial charge >= 0.3 is 0 Å². The summed E-state index contributed by atoms with van der Waals surface area (Å²) in [6, 6.07) is 1.72. The van der Waals surface area contributed by atoms with Crippen molar-refractivity contribution in [3.8, 4) is 0 Å². The molecule has 2 unspecified atom stereocenters. The summed E-state index contributed by atoms with van der Waals surface area (Å²) in [5, 5.41) is 13.1. The monoisotopic (exact) mass is 342 g/mol. The van der Waals surface area contributed by atoms with Crippen LogP contribution in [0.25, 0.3) is 0 Å². The molecular formula is C15H23BrN2O2. The van der Waals surface area contributed by atoms with Crippen LogP contribution in [0.1, 0.15) is 55.9 Å². The van der Waals surface area contributed by atoms with Gasteiger partial charge in [0.25, 0.3) is 5.91 Å². The van der Waals surface area contributed by atoms with Crippen LogP contribution in [0.4, 0.5) is 0 Å². The minimum Gasteiger partial charge on any atom is -0.391 e. The predicted octanol–water partition coefficient (Wildman–Crippen LogP) is 3.08. The summed E-state index contributed by atoms with van der Waals surface area (Å²) in [4.78, 5) is 12.4. The van der Waals surface area contributed by atoms with Crippen molar-refractivity contribution in [3.63, 3.8) is 0 Å². The molecule has 2 N–H and O–H groups in total. The number of aliphatic hydroxyl groups is 1. The van der Waals surface area contributed by atoms with Gasteiger partial charge in [0.1, 0.15) is 5.69 Å². The third kappa shape index (κ3) is 3.85. The topological polar surface area (TPSA) is 54.3 Å². The SMILES string of the molecule is CCCn1cc(Br)cc1C(=O)NC1CCCCCC1O. The summed E-state index contributed by atoms with van der Waals surface area (Å²) in [6.45, 7) is 2.91. The maximum Gasteiger partial charge on any atom is 0.268 e. The highest BCUT2D eigenvalue weighted by Crippen LogP contribution is 2.20. The van der Waals surface area contributed by atoms with Gasteiger partial charge in [-0.15, -0.1) is 0 Å². The number of aliphatic hydroxyl groups excluding tert-OH is 1. The summed E-state index contributed by atoms with van der Waals surface area (Å²) < 4.78 is 2.88. The number of nitrogens with zero attached hydrogens (tertiary/aromatic N) is 1. The number of halogens is 1. The van der Waals surface area contributed by atoms with Gasteiger partial charge in [-0.2, -0.15) is 0 Å². The van der Waals surface area contributed by atoms with E-state index in [1.807, 2.05) is 16.8 Å². The fourth-order valence-corrected chi connectivity index (χ4v) is 3.25. The number of aromatic nitrogens is 1. The predicted molar refractivity (Wildman–Crippen MR) is 82.8 cm³/mol. The number of nitrogens with one attached hydrogen (secondary N) is 1. The van der Waals surface area contributed by atoms with Crippen LogP contribution in [0.2, 0.25) is 0 Å². The molecule has 5 heteroatoms. The third-order valence-corrected chi connectivity index (χ3v) is 4.29. The Balaban J connectivity index is 2.07. The lowest BCUT2D eigenvalue weighted by Crippen LogP contribution is -2.43. The minimum atomic E-state index is -0.417. The number of hydrogen-bond donors (Lipinski definition) is 2. The van der Waals surface area contributed by atoms with Crippen LogP contribution < -0.4 is 5.32 Å². The van der Waals surface area contributed by atoms with Gasteiger partial charge in [-0.1, -0.05) is 26.2 Å². The molecule has 0 bridgehead atoms. The van der Waals surface area contributed by atoms with E-state index < -0.39 is 6.10 Å². The maximum atomic E-state index is 12.4. The number of hydrogen-bond acceptors (Lipinski definition) is 2. The highest BCUT2D eigenvalue weighted by Gasteiger charge is 2.24. The van der Waals surface area contributed by atoms with Crippen LogP contribution in [0.3, 0.4) is 0 Å². The number of carbonyl (C=O) groups excluding carboxylic acids is 1. The summed E-state index contributed by atoms with van der Waals surface area (Å²) in [7, 11) is 0. The molecule has 0 spiro atoms. The van der Waals surface area contributed by atoms with Gasteiger partial charge in [-0.05, 0) is 41.3 Å². The second-order valence-corrected chi connectivity index (χ2v) is 6.44. The van der Waals surface area contributed by atoms with Crippen molar-refractivity contribution < 1.29 is 9.90 Å². The summed E-state index contributed by atoms with van der Waals surface area (Å²) in [5.74, 6) is -0.0879. The molecule has 20 heavy (non-hydrogen) atoms. The molecular weight excluding hydrogens is 320 g/mol. The molecule has 1 aromatic heterocycles.